The van der Waals surface area contributed by atoms with Crippen molar-refractivity contribution < 1.29 is 27.4 Å². The van der Waals surface area contributed by atoms with Gasteiger partial charge in [0, 0.05) is 11.6 Å². The van der Waals surface area contributed by atoms with Crippen molar-refractivity contribution in [3.63, 3.8) is 0 Å². The summed E-state index contributed by atoms with van der Waals surface area (Å²) in [6.45, 7) is 1.96. The zero-order valence-electron chi connectivity index (χ0n) is 17.5. The molecule has 2 rings (SSSR count). The highest BCUT2D eigenvalue weighted by molar-refractivity contribution is 9.10. The second-order valence-electron chi connectivity index (χ2n) is 6.27. The maximum atomic E-state index is 13.0. The first-order valence-electron chi connectivity index (χ1n) is 9.08. The lowest BCUT2D eigenvalue weighted by molar-refractivity contribution is -0.136. The molecular weight excluding hydrogens is 504 g/mol. The summed E-state index contributed by atoms with van der Waals surface area (Å²) in [5.74, 6) is -0.848. The van der Waals surface area contributed by atoms with Gasteiger partial charge in [0.05, 0.1) is 25.1 Å². The number of sulfonamides is 1. The third-order valence-corrected chi connectivity index (χ3v) is 6.01. The fraction of sp³-hybridized carbons (Fsp3) is 0.250. The van der Waals surface area contributed by atoms with Gasteiger partial charge >= 0.3 is 5.97 Å². The molecule has 0 saturated carbocycles. The number of nitrogens with zero attached hydrogens (tertiary/aromatic N) is 2. The second-order valence-corrected chi connectivity index (χ2v) is 8.77. The predicted octanol–water partition coefficient (Wildman–Crippen LogP) is 3.05. The Morgan fingerprint density at radius 1 is 1.19 bits per heavy atom. The molecule has 0 unspecified atom stereocenters. The van der Waals surface area contributed by atoms with Gasteiger partial charge in [-0.1, -0.05) is 6.07 Å². The van der Waals surface area contributed by atoms with Crippen molar-refractivity contribution in [3.05, 3.63) is 46.4 Å². The van der Waals surface area contributed by atoms with Crippen molar-refractivity contribution in [3.8, 4) is 11.8 Å². The molecule has 2 aromatic carbocycles. The number of carbonyl (C=O) groups is 1. The van der Waals surface area contributed by atoms with Gasteiger partial charge in [0.25, 0.3) is 10.0 Å². The summed E-state index contributed by atoms with van der Waals surface area (Å²) < 4.78 is 43.9. The van der Waals surface area contributed by atoms with Crippen LogP contribution < -0.4 is 14.9 Å². The van der Waals surface area contributed by atoms with Gasteiger partial charge in [0.15, 0.2) is 0 Å². The first-order valence-corrected chi connectivity index (χ1v) is 11.4. The lowest BCUT2D eigenvalue weighted by atomic mass is 10.2. The van der Waals surface area contributed by atoms with Crippen molar-refractivity contribution in [2.24, 2.45) is 5.10 Å². The number of anilines is 2. The van der Waals surface area contributed by atoms with Crippen molar-refractivity contribution in [1.82, 2.24) is 0 Å². The van der Waals surface area contributed by atoms with Crippen LogP contribution in [-0.4, -0.2) is 47.5 Å². The number of rotatable bonds is 10. The quantitative estimate of drug-likeness (QED) is 0.209. The zero-order valence-corrected chi connectivity index (χ0v) is 19.9. The van der Waals surface area contributed by atoms with Crippen molar-refractivity contribution >= 4 is 49.0 Å². The number of hydrazone groups is 1. The highest BCUT2D eigenvalue weighted by atomic mass is 79.9. The van der Waals surface area contributed by atoms with Gasteiger partial charge in [0.2, 0.25) is 5.71 Å². The van der Waals surface area contributed by atoms with E-state index in [1.54, 1.807) is 18.2 Å². The summed E-state index contributed by atoms with van der Waals surface area (Å²) in [6.07, 6.45) is 0. The van der Waals surface area contributed by atoms with E-state index in [2.05, 4.69) is 31.2 Å². The van der Waals surface area contributed by atoms with E-state index >= 15 is 0 Å². The minimum absolute atomic E-state index is 0.0405. The summed E-state index contributed by atoms with van der Waals surface area (Å²) in [4.78, 5) is 11.7. The molecule has 32 heavy (non-hydrogen) atoms. The van der Waals surface area contributed by atoms with Crippen molar-refractivity contribution in [1.29, 1.82) is 5.26 Å². The SMILES string of the molecule is COCCOC(=O)C(C#N)=NNc1ccc(OC)c(S(=O)(=O)Nc2cc(C)ccc2Br)c1. The summed E-state index contributed by atoms with van der Waals surface area (Å²) in [5, 5.41) is 12.8. The summed E-state index contributed by atoms with van der Waals surface area (Å²) in [6, 6.07) is 11.0. The minimum Gasteiger partial charge on any atom is -0.495 e. The summed E-state index contributed by atoms with van der Waals surface area (Å²) >= 11 is 3.32. The van der Waals surface area contributed by atoms with Crippen molar-refractivity contribution in [2.75, 3.05) is 37.6 Å². The molecule has 0 bridgehead atoms. The van der Waals surface area contributed by atoms with E-state index in [0.29, 0.717) is 10.2 Å². The highest BCUT2D eigenvalue weighted by Crippen LogP contribution is 2.31. The van der Waals surface area contributed by atoms with Crippen LogP contribution in [0.15, 0.2) is 50.9 Å². The smallest absolute Gasteiger partial charge is 0.369 e. The number of halogens is 1. The van der Waals surface area contributed by atoms with Crippen LogP contribution in [0.4, 0.5) is 11.4 Å². The summed E-state index contributed by atoms with van der Waals surface area (Å²) in [5.41, 5.74) is 3.37. The molecule has 0 radical (unpaired) electrons. The molecule has 0 fully saturated rings. The van der Waals surface area contributed by atoms with E-state index in [-0.39, 0.29) is 29.5 Å². The fourth-order valence-electron chi connectivity index (χ4n) is 2.40. The minimum atomic E-state index is -4.06. The summed E-state index contributed by atoms with van der Waals surface area (Å²) in [7, 11) is -1.28. The van der Waals surface area contributed by atoms with Gasteiger partial charge in [-0.2, -0.15) is 10.4 Å². The molecule has 0 heterocycles. The zero-order chi connectivity index (χ0) is 23.7. The van der Waals surface area contributed by atoms with Gasteiger partial charge in [-0.25, -0.2) is 13.2 Å². The Hall–Kier alpha value is -3.14. The molecule has 0 aromatic heterocycles. The number of esters is 1. The van der Waals surface area contributed by atoms with Gasteiger partial charge < -0.3 is 14.2 Å². The number of aryl methyl sites for hydroxylation is 1. The van der Waals surface area contributed by atoms with Gasteiger partial charge in [-0.3, -0.25) is 10.1 Å². The Balaban J connectivity index is 2.31. The first kappa shape index (κ1) is 25.1. The topological polar surface area (TPSA) is 139 Å². The maximum absolute atomic E-state index is 13.0. The third kappa shape index (κ3) is 6.68. The number of benzene rings is 2. The monoisotopic (exact) mass is 524 g/mol. The average molecular weight is 525 g/mol. The number of nitriles is 1. The molecular formula is C20H21BrN4O6S. The van der Waals surface area contributed by atoms with Crippen molar-refractivity contribution in [2.45, 2.75) is 11.8 Å². The first-order chi connectivity index (χ1) is 15.2. The normalized spacial score (nSPS) is 11.4. The van der Waals surface area contributed by atoms with Crippen LogP contribution in [0.2, 0.25) is 0 Å². The van der Waals surface area contributed by atoms with E-state index in [1.807, 2.05) is 13.0 Å². The fourth-order valence-corrected chi connectivity index (χ4v) is 4.14. The molecule has 0 aliphatic carbocycles. The molecule has 0 amide bonds. The van der Waals surface area contributed by atoms with Crippen LogP contribution in [0.5, 0.6) is 5.75 Å². The maximum Gasteiger partial charge on any atom is 0.369 e. The van der Waals surface area contributed by atoms with Crippen LogP contribution >= 0.6 is 15.9 Å². The number of methoxy groups -OCH3 is 2. The third-order valence-electron chi connectivity index (χ3n) is 3.94. The molecule has 2 N–H and O–H groups in total. The van der Waals surface area contributed by atoms with Gasteiger partial charge in [-0.05, 0) is 58.7 Å². The molecule has 0 saturated heterocycles. The van der Waals surface area contributed by atoms with E-state index in [0.717, 1.165) is 5.56 Å². The Labute approximate surface area is 194 Å². The van der Waals surface area contributed by atoms with E-state index in [1.165, 1.54) is 32.4 Å². The molecule has 0 atom stereocenters. The van der Waals surface area contributed by atoms with E-state index in [9.17, 15) is 13.2 Å². The molecule has 0 aliphatic rings. The largest absolute Gasteiger partial charge is 0.495 e. The standard InChI is InChI=1S/C20H21BrN4O6S/c1-13-4-6-15(21)16(10-13)25-32(27,28)19-11-14(5-7-18(19)30-3)23-24-17(12-22)20(26)31-9-8-29-2/h4-7,10-11,23,25H,8-9H2,1-3H3. The molecule has 10 nitrogen and oxygen atoms in total. The van der Waals surface area contributed by atoms with Gasteiger partial charge in [-0.15, -0.1) is 0 Å². The number of hydrogen-bond donors (Lipinski definition) is 2. The Morgan fingerprint density at radius 3 is 2.59 bits per heavy atom. The number of nitrogens with one attached hydrogen (secondary N) is 2. The number of carbonyl (C=O) groups excluding carboxylic acids is 1. The van der Waals surface area contributed by atoms with E-state index in [4.69, 9.17) is 19.5 Å². The second kappa shape index (κ2) is 11.5. The number of hydrogen-bond acceptors (Lipinski definition) is 9. The highest BCUT2D eigenvalue weighted by Gasteiger charge is 2.22. The number of ether oxygens (including phenoxy) is 3. The lowest BCUT2D eigenvalue weighted by Crippen LogP contribution is -2.19. The Bertz CT molecular complexity index is 1160. The molecule has 0 aliphatic heterocycles. The van der Waals surface area contributed by atoms with Crippen LogP contribution in [0.25, 0.3) is 0 Å². The average Bonchev–Trinajstić information content (AvgIpc) is 2.76. The van der Waals surface area contributed by atoms with Crippen LogP contribution in [0, 0.1) is 18.3 Å². The molecule has 2 aromatic rings. The predicted molar refractivity (Wildman–Crippen MR) is 122 cm³/mol. The molecule has 12 heteroatoms. The van der Waals surface area contributed by atoms with Crippen LogP contribution in [0.3, 0.4) is 0 Å². The molecule has 0 spiro atoms. The van der Waals surface area contributed by atoms with Crippen LogP contribution in [0.1, 0.15) is 5.56 Å². The van der Waals surface area contributed by atoms with Gasteiger partial charge in [0.1, 0.15) is 23.3 Å². The Morgan fingerprint density at radius 2 is 1.94 bits per heavy atom. The van der Waals surface area contributed by atoms with E-state index < -0.39 is 21.7 Å². The molecule has 170 valence electrons. The Kier molecular flexibility index (Phi) is 9.01. The van der Waals surface area contributed by atoms with Crippen LogP contribution in [-0.2, 0) is 24.3 Å². The lowest BCUT2D eigenvalue weighted by Gasteiger charge is -2.14.